The van der Waals surface area contributed by atoms with E-state index in [0.717, 1.165) is 36.8 Å². The molecule has 3 nitrogen and oxygen atoms in total. The summed E-state index contributed by atoms with van der Waals surface area (Å²) in [7, 11) is 1.72. The van der Waals surface area contributed by atoms with Gasteiger partial charge in [0, 0.05) is 42.3 Å². The van der Waals surface area contributed by atoms with E-state index in [0.29, 0.717) is 12.1 Å². The van der Waals surface area contributed by atoms with Crippen molar-refractivity contribution in [2.24, 2.45) is 0 Å². The summed E-state index contributed by atoms with van der Waals surface area (Å²) in [5.41, 5.74) is 1.18. The topological polar surface area (TPSA) is 24.5 Å². The van der Waals surface area contributed by atoms with Crippen molar-refractivity contribution in [2.75, 3.05) is 20.2 Å². The number of nitrogens with zero attached hydrogens (tertiary/aromatic N) is 1. The van der Waals surface area contributed by atoms with Crippen molar-refractivity contribution in [2.45, 2.75) is 45.3 Å². The molecule has 112 valence electrons. The van der Waals surface area contributed by atoms with E-state index in [1.807, 2.05) is 18.2 Å². The fourth-order valence-electron chi connectivity index (χ4n) is 2.89. The first-order valence-corrected chi connectivity index (χ1v) is 7.85. The minimum absolute atomic E-state index is 0.585. The van der Waals surface area contributed by atoms with Crippen molar-refractivity contribution in [3.8, 4) is 5.75 Å². The van der Waals surface area contributed by atoms with Crippen LogP contribution >= 0.6 is 11.6 Å². The monoisotopic (exact) mass is 296 g/mol. The Morgan fingerprint density at radius 3 is 2.80 bits per heavy atom. The molecule has 2 rings (SSSR count). The van der Waals surface area contributed by atoms with Crippen molar-refractivity contribution in [3.63, 3.8) is 0 Å². The van der Waals surface area contributed by atoms with E-state index in [1.54, 1.807) is 7.11 Å². The molecule has 1 fully saturated rings. The lowest BCUT2D eigenvalue weighted by Crippen LogP contribution is -2.55. The molecule has 0 saturated carbocycles. The first-order chi connectivity index (χ1) is 9.67. The molecule has 1 saturated heterocycles. The second-order valence-electron chi connectivity index (χ2n) is 5.46. The normalized spacial score (nSPS) is 23.8. The van der Waals surface area contributed by atoms with Crippen LogP contribution in [0.15, 0.2) is 18.2 Å². The Bertz CT molecular complexity index is 438. The minimum atomic E-state index is 0.585. The summed E-state index contributed by atoms with van der Waals surface area (Å²) in [5, 5.41) is 4.40. The molecule has 1 aromatic carbocycles. The fourth-order valence-corrected chi connectivity index (χ4v) is 3.08. The molecule has 1 aliphatic heterocycles. The molecule has 0 amide bonds. The number of nitrogens with one attached hydrogen (secondary N) is 1. The van der Waals surface area contributed by atoms with Gasteiger partial charge in [-0.15, -0.1) is 0 Å². The third-order valence-electron chi connectivity index (χ3n) is 4.19. The predicted octanol–water partition coefficient (Wildman–Crippen LogP) is 3.31. The minimum Gasteiger partial charge on any atom is -0.496 e. The van der Waals surface area contributed by atoms with Gasteiger partial charge in [-0.25, -0.2) is 0 Å². The summed E-state index contributed by atoms with van der Waals surface area (Å²) >= 11 is 6.13. The summed E-state index contributed by atoms with van der Waals surface area (Å²) in [6.07, 6.45) is 2.33. The SMILES string of the molecule is CCC1CN(Cc2cc(Cl)ccc2OC)C(CC)CN1. The maximum Gasteiger partial charge on any atom is 0.123 e. The number of rotatable bonds is 5. The van der Waals surface area contributed by atoms with E-state index in [1.165, 1.54) is 12.0 Å². The number of benzene rings is 1. The molecule has 0 bridgehead atoms. The second-order valence-corrected chi connectivity index (χ2v) is 5.90. The highest BCUT2D eigenvalue weighted by atomic mass is 35.5. The van der Waals surface area contributed by atoms with Crippen LogP contribution in [0.5, 0.6) is 5.75 Å². The van der Waals surface area contributed by atoms with Crippen molar-refractivity contribution in [1.29, 1.82) is 0 Å². The van der Waals surface area contributed by atoms with E-state index < -0.39 is 0 Å². The maximum absolute atomic E-state index is 6.13. The zero-order chi connectivity index (χ0) is 14.5. The number of hydrogen-bond donors (Lipinski definition) is 1. The Labute approximate surface area is 127 Å². The molecule has 0 aliphatic carbocycles. The standard InChI is InChI=1S/C16H25ClN2O/c1-4-14-11-19(15(5-2)9-18-14)10-12-8-13(17)6-7-16(12)20-3/h6-8,14-15,18H,4-5,9-11H2,1-3H3. The Morgan fingerprint density at radius 2 is 2.15 bits per heavy atom. The summed E-state index contributed by atoms with van der Waals surface area (Å²) in [5.74, 6) is 0.927. The molecule has 0 radical (unpaired) electrons. The van der Waals surface area contributed by atoms with Crippen molar-refractivity contribution >= 4 is 11.6 Å². The van der Waals surface area contributed by atoms with Gasteiger partial charge in [0.2, 0.25) is 0 Å². The van der Waals surface area contributed by atoms with Crippen molar-refractivity contribution in [3.05, 3.63) is 28.8 Å². The van der Waals surface area contributed by atoms with E-state index in [9.17, 15) is 0 Å². The van der Waals surface area contributed by atoms with Crippen LogP contribution < -0.4 is 10.1 Å². The Kier molecular flexibility index (Phi) is 5.70. The van der Waals surface area contributed by atoms with Crippen LogP contribution in [0.25, 0.3) is 0 Å². The number of piperazine rings is 1. The maximum atomic E-state index is 6.13. The zero-order valence-corrected chi connectivity index (χ0v) is 13.4. The zero-order valence-electron chi connectivity index (χ0n) is 12.7. The molecular weight excluding hydrogens is 272 g/mol. The smallest absolute Gasteiger partial charge is 0.123 e. The van der Waals surface area contributed by atoms with Crippen LogP contribution in [-0.4, -0.2) is 37.2 Å². The quantitative estimate of drug-likeness (QED) is 0.902. The van der Waals surface area contributed by atoms with Crippen molar-refractivity contribution in [1.82, 2.24) is 10.2 Å². The van der Waals surface area contributed by atoms with E-state index in [4.69, 9.17) is 16.3 Å². The van der Waals surface area contributed by atoms with Crippen LogP contribution in [-0.2, 0) is 6.54 Å². The lowest BCUT2D eigenvalue weighted by Gasteiger charge is -2.40. The van der Waals surface area contributed by atoms with Gasteiger partial charge >= 0.3 is 0 Å². The molecule has 2 atom stereocenters. The summed E-state index contributed by atoms with van der Waals surface area (Å²) < 4.78 is 5.46. The van der Waals surface area contributed by atoms with Gasteiger partial charge in [-0.3, -0.25) is 4.90 Å². The molecule has 0 spiro atoms. The predicted molar refractivity (Wildman–Crippen MR) is 84.6 cm³/mol. The molecule has 1 N–H and O–H groups in total. The lowest BCUT2D eigenvalue weighted by molar-refractivity contribution is 0.116. The van der Waals surface area contributed by atoms with E-state index in [2.05, 4.69) is 24.1 Å². The van der Waals surface area contributed by atoms with Gasteiger partial charge < -0.3 is 10.1 Å². The largest absolute Gasteiger partial charge is 0.496 e. The van der Waals surface area contributed by atoms with Crippen LogP contribution in [0.1, 0.15) is 32.3 Å². The van der Waals surface area contributed by atoms with Crippen LogP contribution in [0.2, 0.25) is 5.02 Å². The fraction of sp³-hybridized carbons (Fsp3) is 0.625. The van der Waals surface area contributed by atoms with Crippen LogP contribution in [0.3, 0.4) is 0 Å². The third-order valence-corrected chi connectivity index (χ3v) is 4.43. The average molecular weight is 297 g/mol. The average Bonchev–Trinajstić information content (AvgIpc) is 2.47. The van der Waals surface area contributed by atoms with Gasteiger partial charge in [-0.1, -0.05) is 25.4 Å². The molecule has 2 unspecified atom stereocenters. The van der Waals surface area contributed by atoms with Crippen molar-refractivity contribution < 1.29 is 4.74 Å². The highest BCUT2D eigenvalue weighted by Gasteiger charge is 2.26. The van der Waals surface area contributed by atoms with Gasteiger partial charge in [0.1, 0.15) is 5.75 Å². The molecule has 0 aromatic heterocycles. The van der Waals surface area contributed by atoms with Gasteiger partial charge in [0.25, 0.3) is 0 Å². The number of ether oxygens (including phenoxy) is 1. The van der Waals surface area contributed by atoms with Gasteiger partial charge in [-0.2, -0.15) is 0 Å². The Morgan fingerprint density at radius 1 is 1.35 bits per heavy atom. The molecule has 1 aromatic rings. The first kappa shape index (κ1) is 15.6. The highest BCUT2D eigenvalue weighted by molar-refractivity contribution is 6.30. The first-order valence-electron chi connectivity index (χ1n) is 7.47. The molecule has 4 heteroatoms. The molecule has 1 aliphatic rings. The van der Waals surface area contributed by atoms with Gasteiger partial charge in [-0.05, 0) is 31.0 Å². The number of methoxy groups -OCH3 is 1. The molecule has 1 heterocycles. The van der Waals surface area contributed by atoms with E-state index in [-0.39, 0.29) is 0 Å². The highest BCUT2D eigenvalue weighted by Crippen LogP contribution is 2.26. The summed E-state index contributed by atoms with van der Waals surface area (Å²) in [6, 6.07) is 7.03. The van der Waals surface area contributed by atoms with Crippen LogP contribution in [0, 0.1) is 0 Å². The van der Waals surface area contributed by atoms with Gasteiger partial charge in [0.05, 0.1) is 7.11 Å². The number of hydrogen-bond acceptors (Lipinski definition) is 3. The second kappa shape index (κ2) is 7.30. The molecule has 20 heavy (non-hydrogen) atoms. The lowest BCUT2D eigenvalue weighted by atomic mass is 10.0. The number of halogens is 1. The Hall–Kier alpha value is -0.770. The summed E-state index contributed by atoms with van der Waals surface area (Å²) in [6.45, 7) is 7.55. The van der Waals surface area contributed by atoms with Crippen LogP contribution in [0.4, 0.5) is 0 Å². The summed E-state index contributed by atoms with van der Waals surface area (Å²) in [4.78, 5) is 2.55. The van der Waals surface area contributed by atoms with Gasteiger partial charge in [0.15, 0.2) is 0 Å². The third kappa shape index (κ3) is 3.66. The Balaban J connectivity index is 2.15. The molecular formula is C16H25ClN2O. The van der Waals surface area contributed by atoms with E-state index >= 15 is 0 Å².